The molecule has 102 valence electrons. The number of aromatic nitrogens is 3. The van der Waals surface area contributed by atoms with Gasteiger partial charge in [0.05, 0.1) is 0 Å². The Labute approximate surface area is 116 Å². The van der Waals surface area contributed by atoms with E-state index in [4.69, 9.17) is 16.7 Å². The van der Waals surface area contributed by atoms with Crippen molar-refractivity contribution in [3.05, 3.63) is 28.8 Å². The van der Waals surface area contributed by atoms with E-state index in [2.05, 4.69) is 10.2 Å². The summed E-state index contributed by atoms with van der Waals surface area (Å²) in [5, 5.41) is 13.0. The molecule has 0 saturated heterocycles. The molecule has 1 aromatic carbocycles. The minimum Gasteiger partial charge on any atom is -0.297 e. The first kappa shape index (κ1) is 14.0. The lowest BCUT2D eigenvalue weighted by Gasteiger charge is -2.07. The highest BCUT2D eigenvalue weighted by Crippen LogP contribution is 2.25. The fourth-order valence-corrected chi connectivity index (χ4v) is 2.59. The Morgan fingerprint density at radius 2 is 2.05 bits per heavy atom. The van der Waals surface area contributed by atoms with Gasteiger partial charge in [-0.2, -0.15) is 0 Å². The van der Waals surface area contributed by atoms with Crippen molar-refractivity contribution in [1.82, 2.24) is 14.8 Å². The highest BCUT2D eigenvalue weighted by Gasteiger charge is 2.21. The molecule has 0 aliphatic heterocycles. The lowest BCUT2D eigenvalue weighted by molar-refractivity contribution is 0.571. The van der Waals surface area contributed by atoms with Gasteiger partial charge in [0, 0.05) is 17.1 Å². The van der Waals surface area contributed by atoms with Crippen molar-refractivity contribution in [1.29, 1.82) is 0 Å². The standard InChI is InChI=1S/C11H13ClN4O2S/c1-3-16-10(14-15-11(16)19(13,17)18)8-5-4-7(2)9(12)6-8/h4-6H,3H2,1-2H3,(H2,13,17,18). The van der Waals surface area contributed by atoms with Crippen LogP contribution in [0.2, 0.25) is 5.02 Å². The minimum absolute atomic E-state index is 0.248. The van der Waals surface area contributed by atoms with Gasteiger partial charge in [-0.15, -0.1) is 10.2 Å². The number of nitrogens with two attached hydrogens (primary N) is 1. The van der Waals surface area contributed by atoms with Crippen LogP contribution >= 0.6 is 11.6 Å². The molecular weight excluding hydrogens is 288 g/mol. The van der Waals surface area contributed by atoms with Crippen LogP contribution in [-0.4, -0.2) is 23.2 Å². The number of hydrogen-bond acceptors (Lipinski definition) is 4. The number of halogens is 1. The zero-order valence-corrected chi connectivity index (χ0v) is 12.0. The van der Waals surface area contributed by atoms with Crippen molar-refractivity contribution >= 4 is 21.6 Å². The first-order valence-electron chi connectivity index (χ1n) is 5.57. The summed E-state index contributed by atoms with van der Waals surface area (Å²) in [7, 11) is -3.89. The molecular formula is C11H13ClN4O2S. The molecule has 0 aliphatic rings. The van der Waals surface area contributed by atoms with Gasteiger partial charge >= 0.3 is 0 Å². The van der Waals surface area contributed by atoms with E-state index in [1.807, 2.05) is 19.1 Å². The molecule has 1 heterocycles. The molecule has 2 rings (SSSR count). The van der Waals surface area contributed by atoms with Crippen molar-refractivity contribution < 1.29 is 8.42 Å². The van der Waals surface area contributed by atoms with Crippen molar-refractivity contribution in [3.63, 3.8) is 0 Å². The summed E-state index contributed by atoms with van der Waals surface area (Å²) in [5.74, 6) is 0.424. The number of aryl methyl sites for hydroxylation is 1. The van der Waals surface area contributed by atoms with Crippen LogP contribution in [0.25, 0.3) is 11.4 Å². The van der Waals surface area contributed by atoms with Gasteiger partial charge in [0.25, 0.3) is 15.2 Å². The Balaban J connectivity index is 2.63. The smallest absolute Gasteiger partial charge is 0.273 e. The molecule has 19 heavy (non-hydrogen) atoms. The monoisotopic (exact) mass is 300 g/mol. The Morgan fingerprint density at radius 1 is 1.37 bits per heavy atom. The molecule has 0 spiro atoms. The molecule has 2 aromatic rings. The van der Waals surface area contributed by atoms with E-state index in [0.717, 1.165) is 5.56 Å². The number of hydrogen-bond donors (Lipinski definition) is 1. The lowest BCUT2D eigenvalue weighted by Crippen LogP contribution is -2.18. The van der Waals surface area contributed by atoms with Crippen LogP contribution in [0.3, 0.4) is 0 Å². The number of nitrogens with zero attached hydrogens (tertiary/aromatic N) is 3. The van der Waals surface area contributed by atoms with E-state index in [9.17, 15) is 8.42 Å². The molecule has 0 saturated carbocycles. The van der Waals surface area contributed by atoms with Gasteiger partial charge in [-0.1, -0.05) is 23.7 Å². The predicted octanol–water partition coefficient (Wildman–Crippen LogP) is 1.57. The maximum atomic E-state index is 11.4. The number of primary sulfonamides is 1. The minimum atomic E-state index is -3.89. The van der Waals surface area contributed by atoms with E-state index in [1.165, 1.54) is 4.57 Å². The molecule has 0 atom stereocenters. The second kappa shape index (κ2) is 4.92. The third-order valence-corrected chi connectivity index (χ3v) is 3.94. The number of sulfonamides is 1. The maximum Gasteiger partial charge on any atom is 0.273 e. The van der Waals surface area contributed by atoms with Gasteiger partial charge in [-0.3, -0.25) is 4.57 Å². The normalized spacial score (nSPS) is 11.8. The molecule has 0 amide bonds. The quantitative estimate of drug-likeness (QED) is 0.931. The van der Waals surface area contributed by atoms with Gasteiger partial charge in [-0.25, -0.2) is 13.6 Å². The van der Waals surface area contributed by atoms with E-state index in [0.29, 0.717) is 23.0 Å². The Hall–Kier alpha value is -1.44. The van der Waals surface area contributed by atoms with Crippen LogP contribution in [0.15, 0.2) is 23.4 Å². The van der Waals surface area contributed by atoms with Crippen molar-refractivity contribution in [2.45, 2.75) is 25.5 Å². The molecule has 0 aliphatic carbocycles. The fraction of sp³-hybridized carbons (Fsp3) is 0.273. The summed E-state index contributed by atoms with van der Waals surface area (Å²) < 4.78 is 24.3. The Morgan fingerprint density at radius 3 is 2.58 bits per heavy atom. The molecule has 2 N–H and O–H groups in total. The molecule has 0 fully saturated rings. The summed E-state index contributed by atoms with van der Waals surface area (Å²) in [4.78, 5) is 0. The van der Waals surface area contributed by atoms with E-state index < -0.39 is 10.0 Å². The molecule has 1 aromatic heterocycles. The molecule has 0 radical (unpaired) electrons. The average Bonchev–Trinajstić information content (AvgIpc) is 2.76. The maximum absolute atomic E-state index is 11.4. The second-order valence-electron chi connectivity index (χ2n) is 4.06. The summed E-state index contributed by atoms with van der Waals surface area (Å²) in [5.41, 5.74) is 1.62. The van der Waals surface area contributed by atoms with Crippen LogP contribution in [0.5, 0.6) is 0 Å². The van der Waals surface area contributed by atoms with Crippen molar-refractivity contribution in [2.24, 2.45) is 5.14 Å². The van der Waals surface area contributed by atoms with Gasteiger partial charge in [-0.05, 0) is 25.5 Å². The highest BCUT2D eigenvalue weighted by atomic mass is 35.5. The molecule has 8 heteroatoms. The van der Waals surface area contributed by atoms with E-state index in [-0.39, 0.29) is 5.16 Å². The third kappa shape index (κ3) is 2.63. The number of benzene rings is 1. The summed E-state index contributed by atoms with van der Waals surface area (Å²) in [6.45, 7) is 4.06. The zero-order valence-electron chi connectivity index (χ0n) is 10.5. The Kier molecular flexibility index (Phi) is 3.62. The van der Waals surface area contributed by atoms with Crippen LogP contribution in [-0.2, 0) is 16.6 Å². The van der Waals surface area contributed by atoms with Gasteiger partial charge in [0.15, 0.2) is 5.82 Å². The SMILES string of the molecule is CCn1c(-c2ccc(C)c(Cl)c2)nnc1S(N)(=O)=O. The summed E-state index contributed by atoms with van der Waals surface area (Å²) in [6.07, 6.45) is 0. The summed E-state index contributed by atoms with van der Waals surface area (Å²) >= 11 is 6.06. The van der Waals surface area contributed by atoms with E-state index in [1.54, 1.807) is 13.0 Å². The van der Waals surface area contributed by atoms with Gasteiger partial charge < -0.3 is 0 Å². The Bertz CT molecular complexity index is 724. The fourth-order valence-electron chi connectivity index (χ4n) is 1.73. The number of rotatable bonds is 3. The zero-order chi connectivity index (χ0) is 14.2. The molecule has 0 bridgehead atoms. The van der Waals surface area contributed by atoms with Gasteiger partial charge in [0.2, 0.25) is 0 Å². The van der Waals surface area contributed by atoms with Crippen LogP contribution in [0.4, 0.5) is 0 Å². The topological polar surface area (TPSA) is 90.9 Å². The van der Waals surface area contributed by atoms with Crippen LogP contribution in [0.1, 0.15) is 12.5 Å². The second-order valence-corrected chi connectivity index (χ2v) is 5.92. The highest BCUT2D eigenvalue weighted by molar-refractivity contribution is 7.89. The molecule has 6 nitrogen and oxygen atoms in total. The summed E-state index contributed by atoms with van der Waals surface area (Å²) in [6, 6.07) is 5.37. The van der Waals surface area contributed by atoms with Crippen molar-refractivity contribution in [2.75, 3.05) is 0 Å². The van der Waals surface area contributed by atoms with Crippen LogP contribution in [0, 0.1) is 6.92 Å². The molecule has 0 unspecified atom stereocenters. The third-order valence-electron chi connectivity index (χ3n) is 2.72. The average molecular weight is 301 g/mol. The van der Waals surface area contributed by atoms with Crippen LogP contribution < -0.4 is 5.14 Å². The van der Waals surface area contributed by atoms with Gasteiger partial charge in [0.1, 0.15) is 0 Å². The largest absolute Gasteiger partial charge is 0.297 e. The lowest BCUT2D eigenvalue weighted by atomic mass is 10.1. The van der Waals surface area contributed by atoms with E-state index >= 15 is 0 Å². The predicted molar refractivity (Wildman–Crippen MR) is 72.3 cm³/mol. The first-order valence-corrected chi connectivity index (χ1v) is 7.49. The first-order chi connectivity index (χ1) is 8.84. The van der Waals surface area contributed by atoms with Crippen molar-refractivity contribution in [3.8, 4) is 11.4 Å².